The minimum absolute atomic E-state index is 0. The molecule has 1 atom stereocenters. The zero-order chi connectivity index (χ0) is 4.71. The van der Waals surface area contributed by atoms with Crippen molar-refractivity contribution in [1.29, 1.82) is 0 Å². The fourth-order valence-corrected chi connectivity index (χ4v) is 0. The number of hydrogen-bond donors (Lipinski definition) is 1. The van der Waals surface area contributed by atoms with Gasteiger partial charge in [0.2, 0.25) is 0 Å². The van der Waals surface area contributed by atoms with Gasteiger partial charge in [0.15, 0.2) is 0 Å². The Morgan fingerprint density at radius 1 is 1.33 bits per heavy atom. The van der Waals surface area contributed by atoms with E-state index in [1.165, 1.54) is 9.47 Å². The first-order valence-corrected chi connectivity index (χ1v) is 2.28. The van der Waals surface area contributed by atoms with Crippen LogP contribution in [0.2, 0.25) is 0 Å². The molecule has 0 aliphatic carbocycles. The molecule has 0 aromatic carbocycles. The molecule has 0 heterocycles. The average molecular weight is 229 g/mol. The molecule has 0 amide bonds. The molecule has 0 bridgehead atoms. The van der Waals surface area contributed by atoms with Gasteiger partial charge >= 0.3 is 23.5 Å². The molecule has 0 saturated carbocycles. The zero-order valence-electron chi connectivity index (χ0n) is 2.70. The maximum absolute atomic E-state index is 8.47. The van der Waals surface area contributed by atoms with Crippen LogP contribution in [-0.4, -0.2) is 4.89 Å². The molecule has 0 aromatic heterocycles. The van der Waals surface area contributed by atoms with Gasteiger partial charge in [-0.05, 0) is 9.47 Å². The third-order valence-electron chi connectivity index (χ3n) is 0. The fourth-order valence-electron chi connectivity index (χ4n) is 0. The summed E-state index contributed by atoms with van der Waals surface area (Å²) in [6.45, 7) is 0. The molecule has 0 aliphatic heterocycles. The molecule has 0 radical (unpaired) electrons. The number of hydrogen-bond acceptors (Lipinski definition) is 3. The Morgan fingerprint density at radius 2 is 1.33 bits per heavy atom. The standard InChI is InChI=1S/Mo.H3OP.2O.V/c;1-2;;;/h;1H,2H2;;;. The van der Waals surface area contributed by atoms with Gasteiger partial charge in [-0.15, -0.1) is 0 Å². The van der Waals surface area contributed by atoms with E-state index < -0.39 is 16.2 Å². The third kappa shape index (κ3) is 60.0. The second-order valence-electron chi connectivity index (χ2n) is 0.0745. The van der Waals surface area contributed by atoms with E-state index in [1.54, 1.807) is 0 Å². The topological polar surface area (TPSA) is 54.4 Å². The van der Waals surface area contributed by atoms with E-state index in [9.17, 15) is 0 Å². The molecule has 0 spiro atoms. The third-order valence-corrected chi connectivity index (χ3v) is 0. The van der Waals surface area contributed by atoms with Gasteiger partial charge in [-0.2, -0.15) is 0 Å². The maximum atomic E-state index is 8.47. The first-order chi connectivity index (χ1) is 2.41. The van der Waals surface area contributed by atoms with E-state index in [2.05, 4.69) is 0 Å². The molecule has 0 rings (SSSR count). The Hall–Kier alpha value is 1.26. The van der Waals surface area contributed by atoms with Crippen LogP contribution in [0, 0.1) is 0 Å². The predicted octanol–water partition coefficient (Wildman–Crippen LogP) is -0.474. The molecular weight excluding hydrogens is 226 g/mol. The molecule has 0 saturated heterocycles. The molecule has 3 nitrogen and oxygen atoms in total. The van der Waals surface area contributed by atoms with Gasteiger partial charge in [0.1, 0.15) is 0 Å². The molecule has 0 aromatic rings. The van der Waals surface area contributed by atoms with Crippen molar-refractivity contribution >= 4 is 9.47 Å². The summed E-state index contributed by atoms with van der Waals surface area (Å²) >= 11 is -1.81. The second kappa shape index (κ2) is 33.9. The quantitative estimate of drug-likeness (QED) is 0.451. The van der Waals surface area contributed by atoms with E-state index in [-0.39, 0.29) is 21.1 Å². The van der Waals surface area contributed by atoms with Gasteiger partial charge < -0.3 is 4.89 Å². The Balaban J connectivity index is -0.0000000275. The fraction of sp³-hybridized carbons (Fsp3) is 0. The molecule has 37 valence electrons. The molecule has 1 N–H and O–H groups in total. The molecule has 0 fully saturated rings. The zero-order valence-corrected chi connectivity index (χ0v) is 7.25. The molecule has 6 heteroatoms. The van der Waals surface area contributed by atoms with Crippen molar-refractivity contribution in [3.63, 3.8) is 0 Å². The molecule has 0 aliphatic rings. The van der Waals surface area contributed by atoms with E-state index in [0.29, 0.717) is 0 Å². The van der Waals surface area contributed by atoms with Crippen molar-refractivity contribution in [3.8, 4) is 0 Å². The van der Waals surface area contributed by atoms with E-state index in [4.69, 9.17) is 12.2 Å². The normalized spacial score (nSPS) is 2.33. The van der Waals surface area contributed by atoms with Crippen LogP contribution in [0.1, 0.15) is 0 Å². The van der Waals surface area contributed by atoms with Gasteiger partial charge in [-0.25, -0.2) is 0 Å². The van der Waals surface area contributed by atoms with Gasteiger partial charge in [0.05, 0.1) is 0 Å². The van der Waals surface area contributed by atoms with E-state index in [1.807, 2.05) is 0 Å². The molecule has 1 unspecified atom stereocenters. The predicted molar refractivity (Wildman–Crippen MR) is 13.3 cm³/mol. The van der Waals surface area contributed by atoms with Crippen LogP contribution in [0.15, 0.2) is 0 Å². The number of rotatable bonds is 0. The van der Waals surface area contributed by atoms with Crippen LogP contribution in [0.5, 0.6) is 0 Å². The van der Waals surface area contributed by atoms with Crippen LogP contribution < -0.4 is 0 Å². The van der Waals surface area contributed by atoms with Crippen LogP contribution in [0.25, 0.3) is 0 Å². The Morgan fingerprint density at radius 3 is 1.33 bits per heavy atom. The van der Waals surface area contributed by atoms with Crippen molar-refractivity contribution < 1.29 is 49.5 Å². The van der Waals surface area contributed by atoms with Crippen molar-refractivity contribution in [2.45, 2.75) is 0 Å². The summed E-state index contributed by atoms with van der Waals surface area (Å²) in [4.78, 5) is 6.92. The Bertz CT molecular complexity index is 31.8. The second-order valence-corrected chi connectivity index (χ2v) is 0.307. The Labute approximate surface area is 59.0 Å². The van der Waals surface area contributed by atoms with Gasteiger partial charge in [-0.3, -0.25) is 0 Å². The van der Waals surface area contributed by atoms with Gasteiger partial charge in [-0.1, -0.05) is 0 Å². The van der Waals surface area contributed by atoms with Crippen LogP contribution in [0.3, 0.4) is 0 Å². The average Bonchev–Trinajstić information content (AvgIpc) is 1.46. The minimum atomic E-state index is -1.81. The van der Waals surface area contributed by atoms with Crippen molar-refractivity contribution in [3.05, 3.63) is 0 Å². The van der Waals surface area contributed by atoms with E-state index >= 15 is 0 Å². The summed E-state index contributed by atoms with van der Waals surface area (Å²) in [5.74, 6) is 0. The van der Waals surface area contributed by atoms with E-state index in [0.717, 1.165) is 0 Å². The first-order valence-electron chi connectivity index (χ1n) is 0.623. The summed E-state index contributed by atoms with van der Waals surface area (Å²) in [6, 6.07) is 0. The SMILES string of the molecule is OP.[Mo].[O]=[V]=[O]. The molecule has 6 heavy (non-hydrogen) atoms. The van der Waals surface area contributed by atoms with Crippen molar-refractivity contribution in [2.75, 3.05) is 0 Å². The van der Waals surface area contributed by atoms with Crippen molar-refractivity contribution in [2.24, 2.45) is 0 Å². The summed E-state index contributed by atoms with van der Waals surface area (Å²) in [6.07, 6.45) is 0. The summed E-state index contributed by atoms with van der Waals surface area (Å²) in [5.41, 5.74) is 0. The Kier molecular flexibility index (Phi) is 88.5. The summed E-state index contributed by atoms with van der Waals surface area (Å²) < 4.78 is 16.9. The van der Waals surface area contributed by atoms with Gasteiger partial charge in [0, 0.05) is 21.1 Å². The van der Waals surface area contributed by atoms with Crippen LogP contribution >= 0.6 is 9.47 Å². The van der Waals surface area contributed by atoms with Gasteiger partial charge in [0.25, 0.3) is 0 Å². The molecular formula is H3MoO3PV. The van der Waals surface area contributed by atoms with Crippen LogP contribution in [-0.2, 0) is 44.6 Å². The van der Waals surface area contributed by atoms with Crippen LogP contribution in [0.4, 0.5) is 0 Å². The first kappa shape index (κ1) is 15.7. The summed E-state index contributed by atoms with van der Waals surface area (Å²) in [7, 11) is 1.42. The van der Waals surface area contributed by atoms with Crippen molar-refractivity contribution in [1.82, 2.24) is 0 Å². The monoisotopic (exact) mass is 231 g/mol. The summed E-state index contributed by atoms with van der Waals surface area (Å²) in [5, 5.41) is 0.